The Kier molecular flexibility index (Phi) is 4.28. The van der Waals surface area contributed by atoms with Crippen LogP contribution in [0, 0.1) is 0 Å². The van der Waals surface area contributed by atoms with E-state index in [2.05, 4.69) is 22.5 Å². The van der Waals surface area contributed by atoms with Gasteiger partial charge in [0.25, 0.3) is 0 Å². The van der Waals surface area contributed by atoms with Crippen LogP contribution in [0.2, 0.25) is 0 Å². The second-order valence-corrected chi connectivity index (χ2v) is 7.54. The molecule has 0 unspecified atom stereocenters. The minimum Gasteiger partial charge on any atom is -0.496 e. The van der Waals surface area contributed by atoms with Gasteiger partial charge in [0.05, 0.1) is 36.3 Å². The summed E-state index contributed by atoms with van der Waals surface area (Å²) in [6.07, 6.45) is 3.67. The van der Waals surface area contributed by atoms with Gasteiger partial charge < -0.3 is 20.5 Å². The van der Waals surface area contributed by atoms with Crippen LogP contribution in [-0.4, -0.2) is 45.2 Å². The number of nitrogens with zero attached hydrogens (tertiary/aromatic N) is 3. The van der Waals surface area contributed by atoms with Crippen LogP contribution in [0.3, 0.4) is 0 Å². The first kappa shape index (κ1) is 17.8. The van der Waals surface area contributed by atoms with Crippen molar-refractivity contribution in [3.63, 3.8) is 0 Å². The van der Waals surface area contributed by atoms with Crippen molar-refractivity contribution in [2.24, 2.45) is 0 Å². The molecule has 0 amide bonds. The molecule has 1 fully saturated rings. The highest BCUT2D eigenvalue weighted by Gasteiger charge is 2.26. The molecule has 4 heterocycles. The minimum atomic E-state index is -1.04. The van der Waals surface area contributed by atoms with Crippen molar-refractivity contribution in [2.75, 3.05) is 19.0 Å². The number of pyridine rings is 2. The molecule has 27 heavy (non-hydrogen) atoms. The summed E-state index contributed by atoms with van der Waals surface area (Å²) in [6, 6.07) is 8.59. The van der Waals surface area contributed by atoms with E-state index in [-0.39, 0.29) is 0 Å². The van der Waals surface area contributed by atoms with E-state index in [1.54, 1.807) is 27.2 Å². The van der Waals surface area contributed by atoms with Crippen molar-refractivity contribution in [1.29, 1.82) is 0 Å². The van der Waals surface area contributed by atoms with Crippen LogP contribution in [0.4, 0.5) is 5.82 Å². The fourth-order valence-electron chi connectivity index (χ4n) is 3.32. The van der Waals surface area contributed by atoms with E-state index in [1.807, 2.05) is 34.9 Å². The molecule has 0 radical (unpaired) electrons. The van der Waals surface area contributed by atoms with Crippen molar-refractivity contribution in [3.05, 3.63) is 42.2 Å². The van der Waals surface area contributed by atoms with E-state index < -0.39 is 5.60 Å². The first-order valence-electron chi connectivity index (χ1n) is 9.12. The SMILES string of the molecule is COc1cc2ncc(-c3cccc(N[C@@H]4CN[C@@H]4C)n3)n2cc1C(C)(C)O. The number of anilines is 1. The van der Waals surface area contributed by atoms with E-state index >= 15 is 0 Å². The Balaban J connectivity index is 1.75. The summed E-state index contributed by atoms with van der Waals surface area (Å²) in [7, 11) is 1.60. The maximum Gasteiger partial charge on any atom is 0.140 e. The van der Waals surface area contributed by atoms with Crippen LogP contribution in [0.1, 0.15) is 26.3 Å². The molecule has 3 aromatic heterocycles. The van der Waals surface area contributed by atoms with Crippen LogP contribution in [0.5, 0.6) is 5.75 Å². The standard InChI is InChI=1S/C20H25N5O2/c1-12-15(9-21-12)24-18-7-5-6-14(23-18)16-10-22-19-8-17(27-4)13(11-25(16)19)20(2,3)26/h5-8,10-12,15,21,26H,9H2,1-4H3,(H,23,24)/t12-,15-/m1/s1. The number of aromatic nitrogens is 3. The molecule has 7 nitrogen and oxygen atoms in total. The Hall–Kier alpha value is -2.64. The van der Waals surface area contributed by atoms with Gasteiger partial charge in [-0.15, -0.1) is 0 Å². The van der Waals surface area contributed by atoms with Gasteiger partial charge in [-0.2, -0.15) is 0 Å². The largest absolute Gasteiger partial charge is 0.496 e. The van der Waals surface area contributed by atoms with Crippen LogP contribution >= 0.6 is 0 Å². The zero-order valence-corrected chi connectivity index (χ0v) is 16.0. The number of aliphatic hydroxyl groups is 1. The molecule has 1 aliphatic heterocycles. The molecule has 3 N–H and O–H groups in total. The summed E-state index contributed by atoms with van der Waals surface area (Å²) in [5.41, 5.74) is 2.08. The van der Waals surface area contributed by atoms with Crippen LogP contribution in [-0.2, 0) is 5.60 Å². The zero-order chi connectivity index (χ0) is 19.2. The third kappa shape index (κ3) is 3.24. The molecule has 0 spiro atoms. The van der Waals surface area contributed by atoms with Crippen LogP contribution in [0.25, 0.3) is 17.0 Å². The molecule has 1 saturated heterocycles. The molecule has 0 aliphatic carbocycles. The number of hydrogen-bond acceptors (Lipinski definition) is 6. The fraction of sp³-hybridized carbons (Fsp3) is 0.400. The molecule has 4 rings (SSSR count). The summed E-state index contributed by atoms with van der Waals surface area (Å²) < 4.78 is 7.38. The van der Waals surface area contributed by atoms with E-state index in [4.69, 9.17) is 9.72 Å². The van der Waals surface area contributed by atoms with Crippen molar-refractivity contribution >= 4 is 11.5 Å². The number of fused-ring (bicyclic) bond motifs is 1. The number of imidazole rings is 1. The first-order chi connectivity index (χ1) is 12.9. The Labute approximate surface area is 158 Å². The van der Waals surface area contributed by atoms with Crippen molar-refractivity contribution in [3.8, 4) is 17.1 Å². The summed E-state index contributed by atoms with van der Waals surface area (Å²) in [5.74, 6) is 1.46. The fourth-order valence-corrected chi connectivity index (χ4v) is 3.32. The van der Waals surface area contributed by atoms with Crippen LogP contribution < -0.4 is 15.4 Å². The Morgan fingerprint density at radius 3 is 2.81 bits per heavy atom. The summed E-state index contributed by atoms with van der Waals surface area (Å²) in [6.45, 7) is 6.58. The lowest BCUT2D eigenvalue weighted by Gasteiger charge is -2.36. The minimum absolute atomic E-state index is 0.390. The zero-order valence-electron chi connectivity index (χ0n) is 16.0. The topological polar surface area (TPSA) is 83.7 Å². The van der Waals surface area contributed by atoms with Gasteiger partial charge in [0.1, 0.15) is 17.2 Å². The molecular weight excluding hydrogens is 342 g/mol. The van der Waals surface area contributed by atoms with E-state index in [9.17, 15) is 5.11 Å². The maximum atomic E-state index is 10.5. The van der Waals surface area contributed by atoms with Crippen molar-refractivity contribution < 1.29 is 9.84 Å². The third-order valence-electron chi connectivity index (χ3n) is 5.10. The lowest BCUT2D eigenvalue weighted by Crippen LogP contribution is -2.59. The maximum absolute atomic E-state index is 10.5. The summed E-state index contributed by atoms with van der Waals surface area (Å²) in [4.78, 5) is 9.25. The van der Waals surface area contributed by atoms with Gasteiger partial charge >= 0.3 is 0 Å². The number of ether oxygens (including phenoxy) is 1. The normalized spacial score (nSPS) is 19.7. The lowest BCUT2D eigenvalue weighted by molar-refractivity contribution is 0.0752. The Morgan fingerprint density at radius 1 is 1.37 bits per heavy atom. The average molecular weight is 367 g/mol. The van der Waals surface area contributed by atoms with E-state index in [0.29, 0.717) is 23.4 Å². The third-order valence-corrected chi connectivity index (χ3v) is 5.10. The Bertz CT molecular complexity index is 976. The number of rotatable bonds is 5. The molecule has 0 bridgehead atoms. The lowest BCUT2D eigenvalue weighted by atomic mass is 9.99. The van der Waals surface area contributed by atoms with Gasteiger partial charge in [-0.25, -0.2) is 9.97 Å². The predicted octanol–water partition coefficient (Wildman–Crippen LogP) is 2.40. The highest BCUT2D eigenvalue weighted by molar-refractivity contribution is 5.64. The smallest absolute Gasteiger partial charge is 0.140 e. The summed E-state index contributed by atoms with van der Waals surface area (Å²) >= 11 is 0. The number of hydrogen-bond donors (Lipinski definition) is 3. The van der Waals surface area contributed by atoms with Crippen molar-refractivity contribution in [1.82, 2.24) is 19.7 Å². The monoisotopic (exact) mass is 367 g/mol. The van der Waals surface area contributed by atoms with Gasteiger partial charge in [-0.1, -0.05) is 6.07 Å². The molecule has 2 atom stereocenters. The van der Waals surface area contributed by atoms with Crippen LogP contribution in [0.15, 0.2) is 36.7 Å². The quantitative estimate of drug-likeness (QED) is 0.642. The second-order valence-electron chi connectivity index (χ2n) is 7.54. The molecule has 0 saturated carbocycles. The average Bonchev–Trinajstić information content (AvgIpc) is 3.06. The van der Waals surface area contributed by atoms with Gasteiger partial charge in [0, 0.05) is 30.4 Å². The predicted molar refractivity (Wildman–Crippen MR) is 105 cm³/mol. The number of nitrogens with one attached hydrogen (secondary N) is 2. The molecule has 142 valence electrons. The Morgan fingerprint density at radius 2 is 2.19 bits per heavy atom. The van der Waals surface area contributed by atoms with Gasteiger partial charge in [0.15, 0.2) is 0 Å². The van der Waals surface area contributed by atoms with Gasteiger partial charge in [0.2, 0.25) is 0 Å². The van der Waals surface area contributed by atoms with Crippen molar-refractivity contribution in [2.45, 2.75) is 38.5 Å². The number of methoxy groups -OCH3 is 1. The molecule has 1 aliphatic rings. The van der Waals surface area contributed by atoms with E-state index in [1.165, 1.54) is 0 Å². The summed E-state index contributed by atoms with van der Waals surface area (Å²) in [5, 5.41) is 17.3. The van der Waals surface area contributed by atoms with E-state index in [0.717, 1.165) is 29.4 Å². The first-order valence-corrected chi connectivity index (χ1v) is 9.12. The van der Waals surface area contributed by atoms with Gasteiger partial charge in [-0.05, 0) is 32.9 Å². The molecule has 7 heteroatoms. The second kappa shape index (κ2) is 6.51. The molecule has 3 aromatic rings. The molecule has 0 aromatic carbocycles. The highest BCUT2D eigenvalue weighted by Crippen LogP contribution is 2.32. The molecular formula is C20H25N5O2. The highest BCUT2D eigenvalue weighted by atomic mass is 16.5. The van der Waals surface area contributed by atoms with Gasteiger partial charge in [-0.3, -0.25) is 4.40 Å².